The van der Waals surface area contributed by atoms with Gasteiger partial charge in [-0.15, -0.1) is 0 Å². The molecule has 0 radical (unpaired) electrons. The van der Waals surface area contributed by atoms with Gasteiger partial charge in [0.1, 0.15) is 15.9 Å². The zero-order chi connectivity index (χ0) is 18.1. The summed E-state index contributed by atoms with van der Waals surface area (Å²) in [5, 5.41) is 3.75. The predicted molar refractivity (Wildman–Crippen MR) is 91.8 cm³/mol. The smallest absolute Gasteiger partial charge is 0.248 e. The van der Waals surface area contributed by atoms with Gasteiger partial charge in [-0.3, -0.25) is 4.79 Å². The molecule has 1 aromatic carbocycles. The highest BCUT2D eigenvalue weighted by Crippen LogP contribution is 2.21. The molecule has 0 amide bonds. The zero-order valence-corrected chi connectivity index (χ0v) is 14.5. The molecule has 132 valence electrons. The molecule has 3 aromatic heterocycles. The molecular formula is C14H10N6O4S2. The van der Waals surface area contributed by atoms with E-state index in [1.165, 1.54) is 18.3 Å². The number of hydrogen-bond acceptors (Lipinski definition) is 9. The SMILES string of the molecule is O=c1cc(-c2noc(CNS(=O)(=O)c3cccc4nsnc34)n2)cc[nH]1. The molecule has 26 heavy (non-hydrogen) atoms. The van der Waals surface area contributed by atoms with Gasteiger partial charge < -0.3 is 9.51 Å². The van der Waals surface area contributed by atoms with Gasteiger partial charge in [0, 0.05) is 17.8 Å². The molecule has 0 bridgehead atoms. The van der Waals surface area contributed by atoms with Crippen LogP contribution in [0.3, 0.4) is 0 Å². The summed E-state index contributed by atoms with van der Waals surface area (Å²) in [4.78, 5) is 17.9. The fraction of sp³-hybridized carbons (Fsp3) is 0.0714. The second-order valence-electron chi connectivity index (χ2n) is 5.17. The van der Waals surface area contributed by atoms with Crippen LogP contribution in [0.1, 0.15) is 5.89 Å². The number of fused-ring (bicyclic) bond motifs is 1. The van der Waals surface area contributed by atoms with Crippen molar-refractivity contribution >= 4 is 32.8 Å². The molecule has 0 saturated carbocycles. The van der Waals surface area contributed by atoms with E-state index >= 15 is 0 Å². The normalized spacial score (nSPS) is 11.8. The molecule has 0 saturated heterocycles. The lowest BCUT2D eigenvalue weighted by molar-refractivity contribution is 0.376. The van der Waals surface area contributed by atoms with Crippen molar-refractivity contribution in [1.29, 1.82) is 0 Å². The van der Waals surface area contributed by atoms with Gasteiger partial charge in [-0.2, -0.15) is 13.7 Å². The molecule has 4 aromatic rings. The first-order valence-corrected chi connectivity index (χ1v) is 9.47. The third-order valence-corrected chi connectivity index (χ3v) is 5.43. The summed E-state index contributed by atoms with van der Waals surface area (Å²) >= 11 is 0.939. The van der Waals surface area contributed by atoms with E-state index < -0.39 is 10.0 Å². The quantitative estimate of drug-likeness (QED) is 0.512. The van der Waals surface area contributed by atoms with Crippen molar-refractivity contribution in [2.45, 2.75) is 11.4 Å². The van der Waals surface area contributed by atoms with Gasteiger partial charge in [-0.25, -0.2) is 13.1 Å². The Morgan fingerprint density at radius 2 is 2.12 bits per heavy atom. The minimum Gasteiger partial charge on any atom is -0.338 e. The van der Waals surface area contributed by atoms with E-state index in [1.807, 2.05) is 0 Å². The molecule has 3 heterocycles. The molecule has 12 heteroatoms. The van der Waals surface area contributed by atoms with Crippen molar-refractivity contribution in [3.05, 3.63) is 52.8 Å². The third kappa shape index (κ3) is 3.12. The number of hydrogen-bond donors (Lipinski definition) is 2. The summed E-state index contributed by atoms with van der Waals surface area (Å²) in [7, 11) is -3.85. The van der Waals surface area contributed by atoms with Crippen LogP contribution in [0.25, 0.3) is 22.4 Å². The van der Waals surface area contributed by atoms with Crippen molar-refractivity contribution in [1.82, 2.24) is 28.6 Å². The fourth-order valence-corrected chi connectivity index (χ4v) is 4.00. The number of nitrogens with one attached hydrogen (secondary N) is 2. The van der Waals surface area contributed by atoms with E-state index in [-0.39, 0.29) is 28.7 Å². The van der Waals surface area contributed by atoms with E-state index in [2.05, 4.69) is 28.6 Å². The highest BCUT2D eigenvalue weighted by atomic mass is 32.2. The van der Waals surface area contributed by atoms with Gasteiger partial charge in [0.25, 0.3) is 0 Å². The third-order valence-electron chi connectivity index (χ3n) is 3.45. The van der Waals surface area contributed by atoms with Crippen LogP contribution in [0.5, 0.6) is 0 Å². The van der Waals surface area contributed by atoms with Crippen LogP contribution in [0, 0.1) is 0 Å². The average Bonchev–Trinajstić information content (AvgIpc) is 3.29. The minimum absolute atomic E-state index is 0.0260. The Morgan fingerprint density at radius 3 is 2.96 bits per heavy atom. The second kappa shape index (κ2) is 6.40. The number of nitrogens with zero attached hydrogens (tertiary/aromatic N) is 4. The Kier molecular flexibility index (Phi) is 4.06. The van der Waals surface area contributed by atoms with Crippen molar-refractivity contribution in [2.75, 3.05) is 0 Å². The van der Waals surface area contributed by atoms with Gasteiger partial charge in [-0.1, -0.05) is 11.2 Å². The van der Waals surface area contributed by atoms with E-state index in [0.29, 0.717) is 16.6 Å². The molecule has 2 N–H and O–H groups in total. The maximum Gasteiger partial charge on any atom is 0.248 e. The molecule has 0 aliphatic heterocycles. The predicted octanol–water partition coefficient (Wildman–Crippen LogP) is 0.908. The highest BCUT2D eigenvalue weighted by molar-refractivity contribution is 7.89. The topological polar surface area (TPSA) is 144 Å². The summed E-state index contributed by atoms with van der Waals surface area (Å²) in [5.41, 5.74) is 0.969. The first-order valence-electron chi connectivity index (χ1n) is 7.25. The number of H-pyrrole nitrogens is 1. The van der Waals surface area contributed by atoms with Gasteiger partial charge in [-0.05, 0) is 18.2 Å². The van der Waals surface area contributed by atoms with Crippen LogP contribution in [0.2, 0.25) is 0 Å². The number of aromatic nitrogens is 5. The Hall–Kier alpha value is -2.96. The van der Waals surface area contributed by atoms with Crippen molar-refractivity contribution in [3.63, 3.8) is 0 Å². The zero-order valence-electron chi connectivity index (χ0n) is 12.9. The van der Waals surface area contributed by atoms with Crippen LogP contribution >= 0.6 is 11.7 Å². The van der Waals surface area contributed by atoms with Crippen LogP contribution in [0.15, 0.2) is 50.7 Å². The minimum atomic E-state index is -3.85. The largest absolute Gasteiger partial charge is 0.338 e. The monoisotopic (exact) mass is 390 g/mol. The summed E-state index contributed by atoms with van der Waals surface area (Å²) < 4.78 is 40.5. The standard InChI is InChI=1S/C14H10N6O4S2/c21-11-6-8(4-5-15-11)14-17-12(24-18-14)7-16-26(22,23)10-3-1-2-9-13(10)20-25-19-9/h1-6,16H,7H2,(H,15,21). The first-order chi connectivity index (χ1) is 12.5. The fourth-order valence-electron chi connectivity index (χ4n) is 2.26. The number of sulfonamides is 1. The Morgan fingerprint density at radius 1 is 1.23 bits per heavy atom. The lowest BCUT2D eigenvalue weighted by Gasteiger charge is -2.04. The second-order valence-corrected chi connectivity index (χ2v) is 7.43. The van der Waals surface area contributed by atoms with Crippen LogP contribution in [-0.4, -0.2) is 32.3 Å². The lowest BCUT2D eigenvalue weighted by atomic mass is 10.2. The van der Waals surface area contributed by atoms with E-state index in [9.17, 15) is 13.2 Å². The van der Waals surface area contributed by atoms with Crippen molar-refractivity contribution in [3.8, 4) is 11.4 Å². The van der Waals surface area contributed by atoms with Crippen molar-refractivity contribution < 1.29 is 12.9 Å². The van der Waals surface area contributed by atoms with Crippen LogP contribution in [0.4, 0.5) is 0 Å². The van der Waals surface area contributed by atoms with E-state index in [0.717, 1.165) is 11.7 Å². The Labute approximate surface area is 150 Å². The van der Waals surface area contributed by atoms with Gasteiger partial charge in [0.2, 0.25) is 27.3 Å². The molecule has 0 fully saturated rings. The maximum atomic E-state index is 12.5. The van der Waals surface area contributed by atoms with E-state index in [1.54, 1.807) is 18.2 Å². The van der Waals surface area contributed by atoms with Crippen molar-refractivity contribution in [2.24, 2.45) is 0 Å². The maximum absolute atomic E-state index is 12.5. The molecule has 0 spiro atoms. The summed E-state index contributed by atoms with van der Waals surface area (Å²) in [6, 6.07) is 7.65. The number of benzene rings is 1. The Bertz CT molecular complexity index is 1240. The molecule has 0 atom stereocenters. The molecule has 10 nitrogen and oxygen atoms in total. The number of rotatable bonds is 5. The Balaban J connectivity index is 1.56. The lowest BCUT2D eigenvalue weighted by Crippen LogP contribution is -2.23. The van der Waals surface area contributed by atoms with Gasteiger partial charge in [0.15, 0.2) is 0 Å². The average molecular weight is 390 g/mol. The highest BCUT2D eigenvalue weighted by Gasteiger charge is 2.20. The summed E-state index contributed by atoms with van der Waals surface area (Å²) in [6.45, 7) is -0.202. The van der Waals surface area contributed by atoms with Crippen LogP contribution in [-0.2, 0) is 16.6 Å². The molecule has 0 aliphatic carbocycles. The summed E-state index contributed by atoms with van der Waals surface area (Å²) in [6.07, 6.45) is 1.46. The number of aromatic amines is 1. The first kappa shape index (κ1) is 16.5. The molecule has 0 unspecified atom stereocenters. The van der Waals surface area contributed by atoms with E-state index in [4.69, 9.17) is 4.52 Å². The molecule has 4 rings (SSSR count). The summed E-state index contributed by atoms with van der Waals surface area (Å²) in [5.74, 6) is 0.253. The van der Waals surface area contributed by atoms with Gasteiger partial charge >= 0.3 is 0 Å². The van der Waals surface area contributed by atoms with Crippen LogP contribution < -0.4 is 10.3 Å². The number of pyridine rings is 1. The molecule has 0 aliphatic rings. The molecular weight excluding hydrogens is 380 g/mol. The van der Waals surface area contributed by atoms with Gasteiger partial charge in [0.05, 0.1) is 18.3 Å².